The van der Waals surface area contributed by atoms with Gasteiger partial charge in [0.15, 0.2) is 0 Å². The maximum Gasteiger partial charge on any atom is 0.0558 e. The molecule has 1 rings (SSSR count). The van der Waals surface area contributed by atoms with Crippen LogP contribution in [0.1, 0.15) is 26.0 Å². The van der Waals surface area contributed by atoms with Crippen LogP contribution in [0.5, 0.6) is 0 Å². The summed E-state index contributed by atoms with van der Waals surface area (Å²) in [7, 11) is 2.12. The predicted molar refractivity (Wildman–Crippen MR) is 65.0 cm³/mol. The molecular weight excluding hydrogens is 208 g/mol. The molecule has 3 heteroatoms. The highest BCUT2D eigenvalue weighted by molar-refractivity contribution is 6.30. The Morgan fingerprint density at radius 2 is 2.27 bits per heavy atom. The van der Waals surface area contributed by atoms with E-state index in [4.69, 9.17) is 11.6 Å². The lowest BCUT2D eigenvalue weighted by Crippen LogP contribution is -2.24. The summed E-state index contributed by atoms with van der Waals surface area (Å²) in [6.07, 6.45) is 2.97. The first-order valence-corrected chi connectivity index (χ1v) is 5.78. The van der Waals surface area contributed by atoms with Crippen LogP contribution in [-0.4, -0.2) is 23.5 Å². The van der Waals surface area contributed by atoms with Gasteiger partial charge in [0.05, 0.1) is 5.69 Å². The summed E-state index contributed by atoms with van der Waals surface area (Å²) in [6.45, 7) is 6.45. The maximum absolute atomic E-state index is 5.90. The Morgan fingerprint density at radius 3 is 2.87 bits per heavy atom. The Hall–Kier alpha value is -0.600. The average molecular weight is 227 g/mol. The van der Waals surface area contributed by atoms with E-state index in [9.17, 15) is 0 Å². The molecule has 1 aromatic rings. The highest BCUT2D eigenvalue weighted by Crippen LogP contribution is 2.10. The molecule has 1 unspecified atom stereocenters. The van der Waals surface area contributed by atoms with E-state index in [2.05, 4.69) is 30.8 Å². The first kappa shape index (κ1) is 12.5. The second kappa shape index (κ2) is 6.09. The van der Waals surface area contributed by atoms with Crippen LogP contribution < -0.4 is 0 Å². The van der Waals surface area contributed by atoms with Gasteiger partial charge in [0.1, 0.15) is 0 Å². The zero-order chi connectivity index (χ0) is 11.3. The summed E-state index contributed by atoms with van der Waals surface area (Å²) in [4.78, 5) is 6.57. The highest BCUT2D eigenvalue weighted by Gasteiger charge is 2.05. The molecule has 84 valence electrons. The van der Waals surface area contributed by atoms with E-state index in [1.165, 1.54) is 6.42 Å². The molecule has 0 amide bonds. The van der Waals surface area contributed by atoms with Crippen LogP contribution in [0.3, 0.4) is 0 Å². The van der Waals surface area contributed by atoms with E-state index < -0.39 is 0 Å². The fourth-order valence-electron chi connectivity index (χ4n) is 1.54. The van der Waals surface area contributed by atoms with Crippen LogP contribution in [0.15, 0.2) is 18.3 Å². The van der Waals surface area contributed by atoms with Crippen molar-refractivity contribution in [2.75, 3.05) is 13.6 Å². The molecule has 1 heterocycles. The van der Waals surface area contributed by atoms with Crippen LogP contribution in [0.4, 0.5) is 0 Å². The Bertz CT molecular complexity index is 301. The highest BCUT2D eigenvalue weighted by atomic mass is 35.5. The third kappa shape index (κ3) is 4.63. The predicted octanol–water partition coefficient (Wildman–Crippen LogP) is 3.21. The molecule has 0 saturated carbocycles. The Labute approximate surface area is 97.3 Å². The first-order valence-electron chi connectivity index (χ1n) is 5.40. The molecule has 15 heavy (non-hydrogen) atoms. The molecule has 1 atom stereocenters. The number of pyridine rings is 1. The molecule has 0 bridgehead atoms. The molecular formula is C12H19ClN2. The largest absolute Gasteiger partial charge is 0.300 e. The number of hydrogen-bond acceptors (Lipinski definition) is 2. The van der Waals surface area contributed by atoms with Gasteiger partial charge in [-0.2, -0.15) is 0 Å². The summed E-state index contributed by atoms with van der Waals surface area (Å²) in [5.41, 5.74) is 1.04. The number of hydrogen-bond donors (Lipinski definition) is 0. The van der Waals surface area contributed by atoms with Gasteiger partial charge in [-0.3, -0.25) is 4.98 Å². The van der Waals surface area contributed by atoms with Crippen LogP contribution in [0, 0.1) is 5.92 Å². The summed E-state index contributed by atoms with van der Waals surface area (Å²) in [6, 6.07) is 3.73. The van der Waals surface area contributed by atoms with Crippen molar-refractivity contribution in [2.24, 2.45) is 5.92 Å². The van der Waals surface area contributed by atoms with Gasteiger partial charge in [-0.15, -0.1) is 0 Å². The van der Waals surface area contributed by atoms with Crippen molar-refractivity contribution in [3.63, 3.8) is 0 Å². The monoisotopic (exact) mass is 226 g/mol. The van der Waals surface area contributed by atoms with Crippen molar-refractivity contribution in [2.45, 2.75) is 26.8 Å². The van der Waals surface area contributed by atoms with Crippen molar-refractivity contribution in [3.05, 3.63) is 29.0 Å². The standard InChI is InChI=1S/C12H19ClN2/c1-4-10(2)8-15(3)9-12-7-11(13)5-6-14-12/h5-7,10H,4,8-9H2,1-3H3. The van der Waals surface area contributed by atoms with E-state index in [1.54, 1.807) is 12.3 Å². The normalized spacial score (nSPS) is 13.1. The molecule has 0 saturated heterocycles. The minimum atomic E-state index is 0.731. The van der Waals surface area contributed by atoms with Gasteiger partial charge in [-0.25, -0.2) is 0 Å². The van der Waals surface area contributed by atoms with Crippen LogP contribution in [0.2, 0.25) is 5.02 Å². The zero-order valence-corrected chi connectivity index (χ0v) is 10.5. The zero-order valence-electron chi connectivity index (χ0n) is 9.70. The second-order valence-electron chi connectivity index (χ2n) is 4.18. The number of rotatable bonds is 5. The fourth-order valence-corrected chi connectivity index (χ4v) is 1.72. The van der Waals surface area contributed by atoms with Gasteiger partial charge < -0.3 is 4.90 Å². The minimum Gasteiger partial charge on any atom is -0.300 e. The van der Waals surface area contributed by atoms with E-state index >= 15 is 0 Å². The van der Waals surface area contributed by atoms with Crippen LogP contribution in [-0.2, 0) is 6.54 Å². The molecule has 0 fully saturated rings. The van der Waals surface area contributed by atoms with E-state index in [-0.39, 0.29) is 0 Å². The topological polar surface area (TPSA) is 16.1 Å². The molecule has 0 aliphatic carbocycles. The van der Waals surface area contributed by atoms with Crippen molar-refractivity contribution in [1.29, 1.82) is 0 Å². The summed E-state index contributed by atoms with van der Waals surface area (Å²) in [5.74, 6) is 0.731. The molecule has 0 aromatic carbocycles. The maximum atomic E-state index is 5.90. The molecule has 0 N–H and O–H groups in total. The second-order valence-corrected chi connectivity index (χ2v) is 4.61. The van der Waals surface area contributed by atoms with E-state index in [0.717, 1.165) is 29.7 Å². The third-order valence-electron chi connectivity index (χ3n) is 2.53. The minimum absolute atomic E-state index is 0.731. The van der Waals surface area contributed by atoms with Gasteiger partial charge in [0.25, 0.3) is 0 Å². The first-order chi connectivity index (χ1) is 7.11. The molecule has 0 radical (unpaired) electrons. The van der Waals surface area contributed by atoms with Gasteiger partial charge >= 0.3 is 0 Å². The Morgan fingerprint density at radius 1 is 1.53 bits per heavy atom. The molecule has 0 spiro atoms. The van der Waals surface area contributed by atoms with Gasteiger partial charge in [0.2, 0.25) is 0 Å². The lowest BCUT2D eigenvalue weighted by atomic mass is 10.1. The number of aromatic nitrogens is 1. The molecule has 1 aromatic heterocycles. The summed E-state index contributed by atoms with van der Waals surface area (Å²) in [5, 5.41) is 0.761. The van der Waals surface area contributed by atoms with Gasteiger partial charge in [-0.1, -0.05) is 31.9 Å². The smallest absolute Gasteiger partial charge is 0.0558 e. The fraction of sp³-hybridized carbons (Fsp3) is 0.583. The van der Waals surface area contributed by atoms with E-state index in [0.29, 0.717) is 0 Å². The third-order valence-corrected chi connectivity index (χ3v) is 2.77. The van der Waals surface area contributed by atoms with Crippen molar-refractivity contribution in [1.82, 2.24) is 9.88 Å². The summed E-state index contributed by atoms with van der Waals surface area (Å²) < 4.78 is 0. The molecule has 0 aliphatic rings. The van der Waals surface area contributed by atoms with Crippen molar-refractivity contribution < 1.29 is 0 Å². The SMILES string of the molecule is CCC(C)CN(C)Cc1cc(Cl)ccn1. The quantitative estimate of drug-likeness (QED) is 0.767. The molecule has 2 nitrogen and oxygen atoms in total. The summed E-state index contributed by atoms with van der Waals surface area (Å²) >= 11 is 5.90. The number of nitrogens with zero attached hydrogens (tertiary/aromatic N) is 2. The lowest BCUT2D eigenvalue weighted by molar-refractivity contribution is 0.272. The Kier molecular flexibility index (Phi) is 5.06. The van der Waals surface area contributed by atoms with Crippen LogP contribution in [0.25, 0.3) is 0 Å². The number of halogens is 1. The van der Waals surface area contributed by atoms with Gasteiger partial charge in [-0.05, 0) is 25.1 Å². The van der Waals surface area contributed by atoms with Crippen molar-refractivity contribution in [3.8, 4) is 0 Å². The lowest BCUT2D eigenvalue weighted by Gasteiger charge is -2.19. The Balaban J connectivity index is 2.47. The average Bonchev–Trinajstić information content (AvgIpc) is 2.17. The van der Waals surface area contributed by atoms with Crippen molar-refractivity contribution >= 4 is 11.6 Å². The van der Waals surface area contributed by atoms with Crippen LogP contribution >= 0.6 is 11.6 Å². The molecule has 0 aliphatic heterocycles. The van der Waals surface area contributed by atoms with Gasteiger partial charge in [0, 0.05) is 24.3 Å². The van der Waals surface area contributed by atoms with E-state index in [1.807, 2.05) is 6.07 Å².